The molecule has 4 heteroatoms. The first-order valence-electron chi connectivity index (χ1n) is 5.05. The van der Waals surface area contributed by atoms with Crippen molar-refractivity contribution in [3.8, 4) is 12.1 Å². The standard InChI is InChI=1S/C12H12FN3/c1-2-16(8-4-7-14)12-6-3-5-11(13)10(12)9-15/h3,5-6H,2,4,8H2,1H3. The zero-order valence-electron chi connectivity index (χ0n) is 9.07. The predicted octanol–water partition coefficient (Wildman–Crippen LogP) is 2.44. The highest BCUT2D eigenvalue weighted by Crippen LogP contribution is 2.22. The topological polar surface area (TPSA) is 50.8 Å². The van der Waals surface area contributed by atoms with E-state index >= 15 is 0 Å². The van der Waals surface area contributed by atoms with Crippen molar-refractivity contribution >= 4 is 5.69 Å². The lowest BCUT2D eigenvalue weighted by atomic mass is 10.1. The van der Waals surface area contributed by atoms with Gasteiger partial charge in [-0.2, -0.15) is 10.5 Å². The van der Waals surface area contributed by atoms with Gasteiger partial charge in [-0.3, -0.25) is 0 Å². The molecule has 0 saturated carbocycles. The number of rotatable bonds is 4. The first-order chi connectivity index (χ1) is 7.74. The zero-order chi connectivity index (χ0) is 12.0. The molecule has 0 radical (unpaired) electrons. The van der Waals surface area contributed by atoms with Crippen LogP contribution in [0, 0.1) is 28.5 Å². The van der Waals surface area contributed by atoms with E-state index in [-0.39, 0.29) is 5.56 Å². The average molecular weight is 217 g/mol. The van der Waals surface area contributed by atoms with Gasteiger partial charge in [-0.05, 0) is 19.1 Å². The monoisotopic (exact) mass is 217 g/mol. The highest BCUT2D eigenvalue weighted by atomic mass is 19.1. The Balaban J connectivity index is 3.06. The van der Waals surface area contributed by atoms with Gasteiger partial charge in [0, 0.05) is 13.1 Å². The van der Waals surface area contributed by atoms with Crippen molar-refractivity contribution in [2.45, 2.75) is 13.3 Å². The Morgan fingerprint density at radius 3 is 2.69 bits per heavy atom. The van der Waals surface area contributed by atoms with Crippen LogP contribution in [0.1, 0.15) is 18.9 Å². The van der Waals surface area contributed by atoms with Crippen molar-refractivity contribution in [2.75, 3.05) is 18.0 Å². The van der Waals surface area contributed by atoms with Gasteiger partial charge in [-0.15, -0.1) is 0 Å². The minimum atomic E-state index is -0.518. The summed E-state index contributed by atoms with van der Waals surface area (Å²) in [5.74, 6) is -0.518. The minimum Gasteiger partial charge on any atom is -0.370 e. The summed E-state index contributed by atoms with van der Waals surface area (Å²) in [5.41, 5.74) is 0.600. The fraction of sp³-hybridized carbons (Fsp3) is 0.333. The van der Waals surface area contributed by atoms with Crippen molar-refractivity contribution in [1.29, 1.82) is 10.5 Å². The fourth-order valence-electron chi connectivity index (χ4n) is 1.52. The molecule has 0 spiro atoms. The second kappa shape index (κ2) is 5.72. The van der Waals surface area contributed by atoms with E-state index in [1.54, 1.807) is 12.1 Å². The van der Waals surface area contributed by atoms with Gasteiger partial charge in [-0.1, -0.05) is 6.07 Å². The molecular formula is C12H12FN3. The molecule has 0 bridgehead atoms. The normalized spacial score (nSPS) is 9.25. The van der Waals surface area contributed by atoms with Gasteiger partial charge in [0.25, 0.3) is 0 Å². The third-order valence-electron chi connectivity index (χ3n) is 2.32. The van der Waals surface area contributed by atoms with E-state index in [9.17, 15) is 4.39 Å². The second-order valence-corrected chi connectivity index (χ2v) is 3.23. The zero-order valence-corrected chi connectivity index (χ0v) is 9.07. The molecule has 0 amide bonds. The fourth-order valence-corrected chi connectivity index (χ4v) is 1.52. The van der Waals surface area contributed by atoms with Crippen molar-refractivity contribution in [3.05, 3.63) is 29.6 Å². The highest BCUT2D eigenvalue weighted by Gasteiger charge is 2.12. The van der Waals surface area contributed by atoms with Gasteiger partial charge in [-0.25, -0.2) is 4.39 Å². The number of halogens is 1. The maximum absolute atomic E-state index is 13.4. The van der Waals surface area contributed by atoms with Crippen molar-refractivity contribution in [3.63, 3.8) is 0 Å². The molecule has 1 aromatic rings. The van der Waals surface area contributed by atoms with Crippen LogP contribution in [0.3, 0.4) is 0 Å². The summed E-state index contributed by atoms with van der Waals surface area (Å²) in [6.07, 6.45) is 0.356. The van der Waals surface area contributed by atoms with Crippen LogP contribution in [0.5, 0.6) is 0 Å². The largest absolute Gasteiger partial charge is 0.370 e. The molecule has 0 fully saturated rings. The summed E-state index contributed by atoms with van der Waals surface area (Å²) >= 11 is 0. The lowest BCUT2D eigenvalue weighted by Gasteiger charge is -2.22. The van der Waals surface area contributed by atoms with Crippen LogP contribution in [0.25, 0.3) is 0 Å². The van der Waals surface area contributed by atoms with E-state index < -0.39 is 5.82 Å². The van der Waals surface area contributed by atoms with Gasteiger partial charge in [0.15, 0.2) is 0 Å². The molecule has 1 aromatic carbocycles. The summed E-state index contributed by atoms with van der Waals surface area (Å²) in [6.45, 7) is 3.05. The average Bonchev–Trinajstić information content (AvgIpc) is 2.30. The molecule has 0 aliphatic carbocycles. The number of hydrogen-bond donors (Lipinski definition) is 0. The molecule has 0 atom stereocenters. The SMILES string of the molecule is CCN(CCC#N)c1cccc(F)c1C#N. The quantitative estimate of drug-likeness (QED) is 0.778. The van der Waals surface area contributed by atoms with Gasteiger partial charge in [0.2, 0.25) is 0 Å². The summed E-state index contributed by atoms with van der Waals surface area (Å²) < 4.78 is 13.4. The molecule has 16 heavy (non-hydrogen) atoms. The number of hydrogen-bond acceptors (Lipinski definition) is 3. The van der Waals surface area contributed by atoms with E-state index in [0.29, 0.717) is 25.2 Å². The number of anilines is 1. The third-order valence-corrected chi connectivity index (χ3v) is 2.32. The Morgan fingerprint density at radius 2 is 2.12 bits per heavy atom. The molecule has 0 aliphatic rings. The maximum atomic E-state index is 13.4. The predicted molar refractivity (Wildman–Crippen MR) is 59.2 cm³/mol. The summed E-state index contributed by atoms with van der Waals surface area (Å²) in [4.78, 5) is 1.82. The molecule has 0 N–H and O–H groups in total. The molecule has 0 saturated heterocycles. The molecule has 0 heterocycles. The first-order valence-corrected chi connectivity index (χ1v) is 5.05. The number of nitriles is 2. The number of nitrogens with zero attached hydrogens (tertiary/aromatic N) is 3. The van der Waals surface area contributed by atoms with Crippen molar-refractivity contribution < 1.29 is 4.39 Å². The van der Waals surface area contributed by atoms with E-state index in [4.69, 9.17) is 10.5 Å². The summed E-state index contributed by atoms with van der Waals surface area (Å²) in [7, 11) is 0. The van der Waals surface area contributed by atoms with E-state index in [0.717, 1.165) is 0 Å². The molecule has 3 nitrogen and oxygen atoms in total. The minimum absolute atomic E-state index is 0.0438. The Hall–Kier alpha value is -2.07. The van der Waals surface area contributed by atoms with Crippen LogP contribution < -0.4 is 4.90 Å². The van der Waals surface area contributed by atoms with E-state index in [2.05, 4.69) is 0 Å². The van der Waals surface area contributed by atoms with E-state index in [1.807, 2.05) is 24.0 Å². The molecule has 0 aliphatic heterocycles. The smallest absolute Gasteiger partial charge is 0.143 e. The molecule has 0 unspecified atom stereocenters. The Kier molecular flexibility index (Phi) is 4.29. The van der Waals surface area contributed by atoms with Gasteiger partial charge >= 0.3 is 0 Å². The molecule has 1 rings (SSSR count). The highest BCUT2D eigenvalue weighted by molar-refractivity contribution is 5.59. The van der Waals surface area contributed by atoms with Crippen LogP contribution in [-0.2, 0) is 0 Å². The molecule has 82 valence electrons. The van der Waals surface area contributed by atoms with Gasteiger partial charge in [0.05, 0.1) is 18.2 Å². The van der Waals surface area contributed by atoms with Crippen LogP contribution >= 0.6 is 0 Å². The maximum Gasteiger partial charge on any atom is 0.143 e. The van der Waals surface area contributed by atoms with Gasteiger partial charge < -0.3 is 4.90 Å². The Morgan fingerprint density at radius 1 is 1.38 bits per heavy atom. The second-order valence-electron chi connectivity index (χ2n) is 3.23. The summed E-state index contributed by atoms with van der Waals surface area (Å²) in [5, 5.41) is 17.4. The Labute approximate surface area is 94.3 Å². The van der Waals surface area contributed by atoms with Crippen LogP contribution in [0.2, 0.25) is 0 Å². The van der Waals surface area contributed by atoms with Crippen LogP contribution in [-0.4, -0.2) is 13.1 Å². The summed E-state index contributed by atoms with van der Waals surface area (Å²) in [6, 6.07) is 8.42. The lowest BCUT2D eigenvalue weighted by molar-refractivity contribution is 0.622. The van der Waals surface area contributed by atoms with Crippen LogP contribution in [0.15, 0.2) is 18.2 Å². The number of benzene rings is 1. The first kappa shape index (κ1) is 12.0. The van der Waals surface area contributed by atoms with Crippen molar-refractivity contribution in [2.24, 2.45) is 0 Å². The van der Waals surface area contributed by atoms with E-state index in [1.165, 1.54) is 6.07 Å². The molecular weight excluding hydrogens is 205 g/mol. The van der Waals surface area contributed by atoms with Gasteiger partial charge in [0.1, 0.15) is 17.4 Å². The molecule has 0 aromatic heterocycles. The lowest BCUT2D eigenvalue weighted by Crippen LogP contribution is -2.24. The van der Waals surface area contributed by atoms with Crippen molar-refractivity contribution in [1.82, 2.24) is 0 Å². The van der Waals surface area contributed by atoms with Crippen LogP contribution in [0.4, 0.5) is 10.1 Å². The third kappa shape index (κ3) is 2.49. The Bertz CT molecular complexity index is 443.